The molecule has 0 bridgehead atoms. The second kappa shape index (κ2) is 4.92. The van der Waals surface area contributed by atoms with Crippen molar-refractivity contribution in [2.45, 2.75) is 31.1 Å². The van der Waals surface area contributed by atoms with Crippen molar-refractivity contribution >= 4 is 5.91 Å². The van der Waals surface area contributed by atoms with Gasteiger partial charge in [-0.05, 0) is 12.8 Å². The predicted molar refractivity (Wildman–Crippen MR) is 54.6 cm³/mol. The predicted octanol–water partition coefficient (Wildman–Crippen LogP) is -0.732. The van der Waals surface area contributed by atoms with Crippen molar-refractivity contribution < 1.29 is 14.3 Å². The quantitative estimate of drug-likeness (QED) is 0.650. The summed E-state index contributed by atoms with van der Waals surface area (Å²) in [6.45, 7) is 2.28. The number of methoxy groups -OCH3 is 1. The smallest absolute Gasteiger partial charge is 0.249 e. The minimum atomic E-state index is -0.247. The molecule has 2 rings (SSSR count). The van der Waals surface area contributed by atoms with Gasteiger partial charge in [-0.1, -0.05) is 0 Å². The van der Waals surface area contributed by atoms with Gasteiger partial charge in [0.2, 0.25) is 5.91 Å². The highest BCUT2D eigenvalue weighted by Gasteiger charge is 2.31. The number of carbonyl (C=O) groups excluding carboxylic acids is 1. The van der Waals surface area contributed by atoms with E-state index < -0.39 is 0 Å². The van der Waals surface area contributed by atoms with Crippen LogP contribution < -0.4 is 10.6 Å². The maximum Gasteiger partial charge on any atom is 0.249 e. The van der Waals surface area contributed by atoms with Crippen molar-refractivity contribution in [2.75, 3.05) is 26.8 Å². The molecule has 0 saturated carbocycles. The Balaban J connectivity index is 1.82. The third-order valence-electron chi connectivity index (χ3n) is 3.01. The highest BCUT2D eigenvalue weighted by atomic mass is 16.5. The minimum Gasteiger partial charge on any atom is -0.378 e. The molecule has 5 heteroatoms. The first-order chi connectivity index (χ1) is 7.31. The van der Waals surface area contributed by atoms with Crippen LogP contribution >= 0.6 is 0 Å². The molecule has 0 aromatic rings. The van der Waals surface area contributed by atoms with Crippen LogP contribution in [-0.2, 0) is 14.3 Å². The van der Waals surface area contributed by atoms with Gasteiger partial charge in [0, 0.05) is 26.8 Å². The fourth-order valence-corrected chi connectivity index (χ4v) is 2.11. The van der Waals surface area contributed by atoms with E-state index in [4.69, 9.17) is 9.47 Å². The van der Waals surface area contributed by atoms with Crippen LogP contribution in [0.15, 0.2) is 0 Å². The summed E-state index contributed by atoms with van der Waals surface area (Å²) < 4.78 is 10.6. The maximum atomic E-state index is 11.7. The summed E-state index contributed by atoms with van der Waals surface area (Å²) in [5.74, 6) is 0.00301. The largest absolute Gasteiger partial charge is 0.378 e. The molecule has 86 valence electrons. The Morgan fingerprint density at radius 3 is 3.07 bits per heavy atom. The molecule has 5 nitrogen and oxygen atoms in total. The zero-order chi connectivity index (χ0) is 10.7. The lowest BCUT2D eigenvalue weighted by Crippen LogP contribution is -2.47. The summed E-state index contributed by atoms with van der Waals surface area (Å²) in [7, 11) is 1.67. The number of hydrogen-bond donors (Lipinski definition) is 2. The molecular weight excluding hydrogens is 196 g/mol. The Hall–Kier alpha value is -0.650. The monoisotopic (exact) mass is 214 g/mol. The highest BCUT2D eigenvalue weighted by molar-refractivity contribution is 5.81. The van der Waals surface area contributed by atoms with E-state index in [2.05, 4.69) is 10.6 Å². The summed E-state index contributed by atoms with van der Waals surface area (Å²) in [5.41, 5.74) is 0. The second-order valence-electron chi connectivity index (χ2n) is 4.05. The average molecular weight is 214 g/mol. The summed E-state index contributed by atoms with van der Waals surface area (Å²) in [6, 6.07) is 0.0756. The average Bonchev–Trinajstić information content (AvgIpc) is 2.87. The lowest BCUT2D eigenvalue weighted by atomic mass is 10.2. The van der Waals surface area contributed by atoms with Gasteiger partial charge in [-0.3, -0.25) is 4.79 Å². The Labute approximate surface area is 89.5 Å². The maximum absolute atomic E-state index is 11.7. The summed E-state index contributed by atoms with van der Waals surface area (Å²) in [6.07, 6.45) is 1.65. The number of amides is 1. The summed E-state index contributed by atoms with van der Waals surface area (Å²) in [4.78, 5) is 11.7. The lowest BCUT2D eigenvalue weighted by Gasteiger charge is -2.20. The Bertz CT molecular complexity index is 229. The molecule has 1 unspecified atom stereocenters. The topological polar surface area (TPSA) is 59.6 Å². The normalized spacial score (nSPS) is 35.7. The van der Waals surface area contributed by atoms with Gasteiger partial charge in [-0.2, -0.15) is 0 Å². The molecule has 2 N–H and O–H groups in total. The van der Waals surface area contributed by atoms with Crippen molar-refractivity contribution in [1.82, 2.24) is 10.6 Å². The van der Waals surface area contributed by atoms with Gasteiger partial charge in [-0.25, -0.2) is 0 Å². The van der Waals surface area contributed by atoms with Crippen LogP contribution in [0.25, 0.3) is 0 Å². The van der Waals surface area contributed by atoms with E-state index in [-0.39, 0.29) is 24.2 Å². The van der Waals surface area contributed by atoms with Gasteiger partial charge < -0.3 is 20.1 Å². The summed E-state index contributed by atoms with van der Waals surface area (Å²) in [5, 5.41) is 6.16. The van der Waals surface area contributed by atoms with Gasteiger partial charge in [0.05, 0.1) is 12.1 Å². The minimum absolute atomic E-state index is 0.00301. The van der Waals surface area contributed by atoms with Crippen LogP contribution in [0.5, 0.6) is 0 Å². The fourth-order valence-electron chi connectivity index (χ4n) is 2.11. The number of rotatable bonds is 3. The lowest BCUT2D eigenvalue weighted by molar-refractivity contribution is -0.131. The first-order valence-corrected chi connectivity index (χ1v) is 5.46. The number of nitrogens with one attached hydrogen (secondary N) is 2. The van der Waals surface area contributed by atoms with E-state index in [1.807, 2.05) is 0 Å². The molecule has 0 aliphatic carbocycles. The molecular formula is C10H18N2O3. The molecule has 2 fully saturated rings. The third kappa shape index (κ3) is 2.48. The van der Waals surface area contributed by atoms with Crippen molar-refractivity contribution in [2.24, 2.45) is 0 Å². The van der Waals surface area contributed by atoms with E-state index in [1.165, 1.54) is 0 Å². The molecule has 0 aromatic heterocycles. The third-order valence-corrected chi connectivity index (χ3v) is 3.01. The number of ether oxygens (including phenoxy) is 2. The van der Waals surface area contributed by atoms with E-state index in [0.29, 0.717) is 6.61 Å². The summed E-state index contributed by atoms with van der Waals surface area (Å²) >= 11 is 0. The van der Waals surface area contributed by atoms with Crippen LogP contribution in [0.1, 0.15) is 12.8 Å². The van der Waals surface area contributed by atoms with Crippen molar-refractivity contribution in [1.29, 1.82) is 0 Å². The van der Waals surface area contributed by atoms with Crippen LogP contribution in [0.2, 0.25) is 0 Å². The number of carbonyl (C=O) groups is 1. The molecule has 2 heterocycles. The van der Waals surface area contributed by atoms with Gasteiger partial charge in [0.15, 0.2) is 0 Å². The fraction of sp³-hybridized carbons (Fsp3) is 0.900. The molecule has 0 spiro atoms. The van der Waals surface area contributed by atoms with Gasteiger partial charge in [0.1, 0.15) is 6.10 Å². The molecule has 3 atom stereocenters. The molecule has 0 aromatic carbocycles. The van der Waals surface area contributed by atoms with Gasteiger partial charge in [-0.15, -0.1) is 0 Å². The standard InChI is InChI=1S/C10H18N2O3/c1-14-9-6-11-5-7(9)12-10(13)8-3-2-4-15-8/h7-9,11H,2-6H2,1H3,(H,12,13)/t7?,8-,9-/m0/s1. The van der Waals surface area contributed by atoms with E-state index in [0.717, 1.165) is 25.9 Å². The Morgan fingerprint density at radius 2 is 2.40 bits per heavy atom. The molecule has 1 amide bonds. The molecule has 0 radical (unpaired) electrons. The van der Waals surface area contributed by atoms with Crippen LogP contribution in [0.3, 0.4) is 0 Å². The van der Waals surface area contributed by atoms with Crippen molar-refractivity contribution in [3.05, 3.63) is 0 Å². The Morgan fingerprint density at radius 1 is 1.53 bits per heavy atom. The second-order valence-corrected chi connectivity index (χ2v) is 4.05. The zero-order valence-electron chi connectivity index (χ0n) is 8.99. The Kier molecular flexibility index (Phi) is 3.56. The van der Waals surface area contributed by atoms with Crippen molar-refractivity contribution in [3.8, 4) is 0 Å². The molecule has 2 aliphatic heterocycles. The first kappa shape index (κ1) is 10.9. The van der Waals surface area contributed by atoms with Crippen LogP contribution in [0.4, 0.5) is 0 Å². The van der Waals surface area contributed by atoms with Gasteiger partial charge >= 0.3 is 0 Å². The van der Waals surface area contributed by atoms with E-state index >= 15 is 0 Å². The SMILES string of the molecule is CO[C@H]1CNCC1NC(=O)[C@@H]1CCCO1. The zero-order valence-corrected chi connectivity index (χ0v) is 8.99. The van der Waals surface area contributed by atoms with E-state index in [9.17, 15) is 4.79 Å². The number of hydrogen-bond acceptors (Lipinski definition) is 4. The van der Waals surface area contributed by atoms with Crippen LogP contribution in [0, 0.1) is 0 Å². The van der Waals surface area contributed by atoms with Crippen molar-refractivity contribution in [3.63, 3.8) is 0 Å². The van der Waals surface area contributed by atoms with Gasteiger partial charge in [0.25, 0.3) is 0 Å². The van der Waals surface area contributed by atoms with Crippen LogP contribution in [-0.4, -0.2) is 51.0 Å². The molecule has 15 heavy (non-hydrogen) atoms. The first-order valence-electron chi connectivity index (χ1n) is 5.46. The molecule has 2 aliphatic rings. The highest BCUT2D eigenvalue weighted by Crippen LogP contribution is 2.13. The van der Waals surface area contributed by atoms with E-state index in [1.54, 1.807) is 7.11 Å². The molecule has 2 saturated heterocycles.